The number of hydrogen-bond donors (Lipinski definition) is 1. The minimum Gasteiger partial charge on any atom is -0.353 e. The summed E-state index contributed by atoms with van der Waals surface area (Å²) in [7, 11) is 0. The van der Waals surface area contributed by atoms with Crippen LogP contribution in [0.3, 0.4) is 0 Å². The second-order valence-electron chi connectivity index (χ2n) is 8.75. The zero-order chi connectivity index (χ0) is 21.5. The molecule has 0 spiro atoms. The van der Waals surface area contributed by atoms with Crippen LogP contribution in [0.25, 0.3) is 11.2 Å². The second kappa shape index (κ2) is 7.83. The van der Waals surface area contributed by atoms with Crippen molar-refractivity contribution in [2.24, 2.45) is 0 Å². The maximum atomic E-state index is 11.5. The standard InChI is InChI=1S/C21H26ClN7O/c1-13(30)25-15-7-9-28(11-15)18-16-19(27-20(26-18)21(2,3)4)29(12-24-16)10-14-6-5-8-23-17(14)22/h5-6,8,12,15H,7,9-11H2,1-4H3,(H,25,30). The van der Waals surface area contributed by atoms with Gasteiger partial charge in [0.25, 0.3) is 0 Å². The Morgan fingerprint density at radius 3 is 2.80 bits per heavy atom. The van der Waals surface area contributed by atoms with Crippen LogP contribution in [0.15, 0.2) is 24.7 Å². The molecule has 158 valence electrons. The number of aromatic nitrogens is 5. The van der Waals surface area contributed by atoms with Crippen molar-refractivity contribution in [3.05, 3.63) is 41.2 Å². The summed E-state index contributed by atoms with van der Waals surface area (Å²) >= 11 is 6.27. The van der Waals surface area contributed by atoms with Gasteiger partial charge in [0, 0.05) is 43.2 Å². The lowest BCUT2D eigenvalue weighted by Gasteiger charge is -2.22. The molecule has 1 atom stereocenters. The fraction of sp³-hybridized carbons (Fsp3) is 0.476. The molecule has 1 aliphatic rings. The highest BCUT2D eigenvalue weighted by molar-refractivity contribution is 6.30. The maximum Gasteiger partial charge on any atom is 0.217 e. The Hall–Kier alpha value is -2.74. The first-order valence-electron chi connectivity index (χ1n) is 10.1. The molecule has 1 unspecified atom stereocenters. The lowest BCUT2D eigenvalue weighted by atomic mass is 9.96. The molecule has 4 heterocycles. The van der Waals surface area contributed by atoms with Gasteiger partial charge in [-0.1, -0.05) is 38.4 Å². The molecule has 1 aliphatic heterocycles. The summed E-state index contributed by atoms with van der Waals surface area (Å²) in [6.45, 7) is 9.88. The molecular weight excluding hydrogens is 402 g/mol. The van der Waals surface area contributed by atoms with E-state index in [1.54, 1.807) is 19.4 Å². The van der Waals surface area contributed by atoms with Crippen molar-refractivity contribution in [2.75, 3.05) is 18.0 Å². The van der Waals surface area contributed by atoms with Gasteiger partial charge in [-0.15, -0.1) is 0 Å². The minimum absolute atomic E-state index is 0.0114. The Morgan fingerprint density at radius 2 is 2.10 bits per heavy atom. The summed E-state index contributed by atoms with van der Waals surface area (Å²) in [5, 5.41) is 3.48. The minimum atomic E-state index is -0.221. The molecule has 0 aliphatic carbocycles. The van der Waals surface area contributed by atoms with Crippen molar-refractivity contribution in [3.63, 3.8) is 0 Å². The molecule has 9 heteroatoms. The molecule has 0 saturated carbocycles. The Bertz CT molecular complexity index is 1090. The van der Waals surface area contributed by atoms with E-state index in [4.69, 9.17) is 21.6 Å². The first-order valence-corrected chi connectivity index (χ1v) is 10.4. The first kappa shape index (κ1) is 20.5. The number of fused-ring (bicyclic) bond motifs is 1. The molecule has 4 rings (SSSR count). The van der Waals surface area contributed by atoms with Crippen LogP contribution in [0.4, 0.5) is 5.82 Å². The predicted molar refractivity (Wildman–Crippen MR) is 117 cm³/mol. The van der Waals surface area contributed by atoms with Crippen molar-refractivity contribution in [1.29, 1.82) is 0 Å². The maximum absolute atomic E-state index is 11.5. The van der Waals surface area contributed by atoms with Gasteiger partial charge in [0.15, 0.2) is 17.0 Å². The van der Waals surface area contributed by atoms with Crippen LogP contribution in [0.1, 0.15) is 45.5 Å². The number of carbonyl (C=O) groups is 1. The van der Waals surface area contributed by atoms with E-state index in [0.29, 0.717) is 18.2 Å². The summed E-state index contributed by atoms with van der Waals surface area (Å²) in [6, 6.07) is 3.93. The molecular formula is C21H26ClN7O. The fourth-order valence-electron chi connectivity index (χ4n) is 3.68. The molecule has 8 nitrogen and oxygen atoms in total. The Balaban J connectivity index is 1.76. The summed E-state index contributed by atoms with van der Waals surface area (Å²) in [5.41, 5.74) is 2.21. The summed E-state index contributed by atoms with van der Waals surface area (Å²) in [5.74, 6) is 1.56. The molecule has 0 bridgehead atoms. The summed E-state index contributed by atoms with van der Waals surface area (Å²) in [4.78, 5) is 32.2. The number of hydrogen-bond acceptors (Lipinski definition) is 6. The number of nitrogens with zero attached hydrogens (tertiary/aromatic N) is 6. The van der Waals surface area contributed by atoms with Crippen LogP contribution < -0.4 is 10.2 Å². The number of halogens is 1. The molecule has 1 fully saturated rings. The van der Waals surface area contributed by atoms with E-state index in [9.17, 15) is 4.79 Å². The summed E-state index contributed by atoms with van der Waals surface area (Å²) < 4.78 is 1.99. The number of amides is 1. The zero-order valence-corrected chi connectivity index (χ0v) is 18.4. The zero-order valence-electron chi connectivity index (χ0n) is 17.7. The lowest BCUT2D eigenvalue weighted by Crippen LogP contribution is -2.36. The van der Waals surface area contributed by atoms with Crippen molar-refractivity contribution in [1.82, 2.24) is 29.8 Å². The van der Waals surface area contributed by atoms with Crippen molar-refractivity contribution >= 4 is 34.5 Å². The average Bonchev–Trinajstić information content (AvgIpc) is 3.29. The number of imidazole rings is 1. The van der Waals surface area contributed by atoms with Gasteiger partial charge in [-0.05, 0) is 12.5 Å². The van der Waals surface area contributed by atoms with Gasteiger partial charge in [0.2, 0.25) is 5.91 Å². The summed E-state index contributed by atoms with van der Waals surface area (Å²) in [6.07, 6.45) is 4.33. The average molecular weight is 428 g/mol. The van der Waals surface area contributed by atoms with Crippen LogP contribution >= 0.6 is 11.6 Å². The number of carbonyl (C=O) groups excluding carboxylic acids is 1. The van der Waals surface area contributed by atoms with Crippen LogP contribution in [0.5, 0.6) is 0 Å². The van der Waals surface area contributed by atoms with Crippen molar-refractivity contribution < 1.29 is 4.79 Å². The molecule has 1 saturated heterocycles. The Labute approximate surface area is 180 Å². The molecule has 3 aromatic rings. The van der Waals surface area contributed by atoms with E-state index >= 15 is 0 Å². The van der Waals surface area contributed by atoms with Gasteiger partial charge >= 0.3 is 0 Å². The number of rotatable bonds is 4. The SMILES string of the molecule is CC(=O)NC1CCN(c2nc(C(C)(C)C)nc3c2ncn3Cc2cccnc2Cl)C1. The van der Waals surface area contributed by atoms with Crippen LogP contribution in [0, 0.1) is 0 Å². The molecule has 0 radical (unpaired) electrons. The third-order valence-corrected chi connectivity index (χ3v) is 5.53. The van der Waals surface area contributed by atoms with Gasteiger partial charge in [-0.2, -0.15) is 0 Å². The largest absolute Gasteiger partial charge is 0.353 e. The van der Waals surface area contributed by atoms with E-state index in [1.807, 2.05) is 16.7 Å². The first-order chi connectivity index (χ1) is 14.2. The molecule has 0 aromatic carbocycles. The number of anilines is 1. The normalized spacial score (nSPS) is 17.0. The van der Waals surface area contributed by atoms with E-state index < -0.39 is 0 Å². The Morgan fingerprint density at radius 1 is 1.30 bits per heavy atom. The lowest BCUT2D eigenvalue weighted by molar-refractivity contribution is -0.119. The van der Waals surface area contributed by atoms with E-state index in [0.717, 1.165) is 41.3 Å². The highest BCUT2D eigenvalue weighted by Gasteiger charge is 2.29. The third-order valence-electron chi connectivity index (χ3n) is 5.19. The molecule has 3 aromatic heterocycles. The van der Waals surface area contributed by atoms with E-state index in [1.165, 1.54) is 0 Å². The quantitative estimate of drug-likeness (QED) is 0.644. The third kappa shape index (κ3) is 4.09. The van der Waals surface area contributed by atoms with Gasteiger partial charge in [-0.25, -0.2) is 19.9 Å². The van der Waals surface area contributed by atoms with Gasteiger partial charge in [0.05, 0.1) is 12.9 Å². The number of nitrogens with one attached hydrogen (secondary N) is 1. The van der Waals surface area contributed by atoms with Crippen LogP contribution in [0.2, 0.25) is 5.15 Å². The van der Waals surface area contributed by atoms with Crippen molar-refractivity contribution in [3.8, 4) is 0 Å². The van der Waals surface area contributed by atoms with Gasteiger partial charge < -0.3 is 14.8 Å². The Kier molecular flexibility index (Phi) is 5.36. The fourth-order valence-corrected chi connectivity index (χ4v) is 3.86. The predicted octanol–water partition coefficient (Wildman–Crippen LogP) is 2.94. The second-order valence-corrected chi connectivity index (χ2v) is 9.11. The topological polar surface area (TPSA) is 88.8 Å². The van der Waals surface area contributed by atoms with E-state index in [-0.39, 0.29) is 17.4 Å². The van der Waals surface area contributed by atoms with Crippen molar-refractivity contribution in [2.45, 2.75) is 52.1 Å². The molecule has 1 N–H and O–H groups in total. The highest BCUT2D eigenvalue weighted by atomic mass is 35.5. The molecule has 30 heavy (non-hydrogen) atoms. The van der Waals surface area contributed by atoms with Gasteiger partial charge in [0.1, 0.15) is 11.0 Å². The monoisotopic (exact) mass is 427 g/mol. The highest BCUT2D eigenvalue weighted by Crippen LogP contribution is 2.30. The smallest absolute Gasteiger partial charge is 0.217 e. The van der Waals surface area contributed by atoms with E-state index in [2.05, 4.69) is 41.0 Å². The van der Waals surface area contributed by atoms with Crippen LogP contribution in [-0.2, 0) is 16.8 Å². The van der Waals surface area contributed by atoms with Crippen LogP contribution in [-0.4, -0.2) is 49.5 Å². The molecule has 1 amide bonds. The van der Waals surface area contributed by atoms with Gasteiger partial charge in [-0.3, -0.25) is 4.79 Å². The number of pyridine rings is 1.